The van der Waals surface area contributed by atoms with E-state index in [2.05, 4.69) is 14.7 Å². The van der Waals surface area contributed by atoms with Gasteiger partial charge >= 0.3 is 0 Å². The number of nitrogens with one attached hydrogen (secondary N) is 2. The number of sulfonamides is 1. The lowest BCUT2D eigenvalue weighted by atomic mass is 10.3. The lowest BCUT2D eigenvalue weighted by molar-refractivity contribution is 0.542. The van der Waals surface area contributed by atoms with Gasteiger partial charge in [-0.3, -0.25) is 4.72 Å². The maximum Gasteiger partial charge on any atom is 0.232 e. The molecule has 2 aromatic rings. The Kier molecular flexibility index (Phi) is 5.59. The van der Waals surface area contributed by atoms with Crippen LogP contribution < -0.4 is 15.4 Å². The first-order valence-electron chi connectivity index (χ1n) is 7.86. The molecule has 0 amide bonds. The molecule has 0 fully saturated rings. The number of alkyl halides is 1. The normalized spacial score (nSPS) is 16.5. The minimum absolute atomic E-state index is 0.145. The van der Waals surface area contributed by atoms with Crippen molar-refractivity contribution in [3.05, 3.63) is 40.7 Å². The Morgan fingerprint density at radius 1 is 1.42 bits per heavy atom. The van der Waals surface area contributed by atoms with E-state index in [-0.39, 0.29) is 21.8 Å². The SMILES string of the molecule is CCCS(=O)(=O)Nc1ccc(F)c(Sc2c[nH]c3c2=CCC(Cl)N=3)c1F. The number of halogens is 3. The van der Waals surface area contributed by atoms with Crippen LogP contribution in [0.15, 0.2) is 33.1 Å². The lowest BCUT2D eigenvalue weighted by Gasteiger charge is -2.11. The van der Waals surface area contributed by atoms with E-state index in [4.69, 9.17) is 11.6 Å². The number of hydrogen-bond donors (Lipinski definition) is 2. The fraction of sp³-hybridized carbons (Fsp3) is 0.312. The standard InChI is InChI=1S/C16H16ClF2N3O2S2/c1-2-7-26(23,24)22-11-5-4-10(18)15(14(11)19)25-12-8-20-16-9(12)3-6-13(17)21-16/h3-5,8,13,22H,2,6-7H2,1H3,(H,20,21). The molecule has 1 aromatic heterocycles. The molecule has 1 aromatic carbocycles. The first-order chi connectivity index (χ1) is 12.3. The van der Waals surface area contributed by atoms with Gasteiger partial charge in [-0.1, -0.05) is 36.4 Å². The van der Waals surface area contributed by atoms with Gasteiger partial charge in [-0.15, -0.1) is 0 Å². The number of aromatic amines is 1. The van der Waals surface area contributed by atoms with Crippen molar-refractivity contribution < 1.29 is 17.2 Å². The first-order valence-corrected chi connectivity index (χ1v) is 10.8. The average Bonchev–Trinajstić information content (AvgIpc) is 2.96. The molecule has 140 valence electrons. The number of fused-ring (bicyclic) bond motifs is 1. The van der Waals surface area contributed by atoms with E-state index in [1.807, 2.05) is 6.08 Å². The molecule has 0 saturated carbocycles. The van der Waals surface area contributed by atoms with Gasteiger partial charge in [-0.25, -0.2) is 22.2 Å². The van der Waals surface area contributed by atoms with Crippen LogP contribution in [0.4, 0.5) is 14.5 Å². The van der Waals surface area contributed by atoms with Crippen LogP contribution >= 0.6 is 23.4 Å². The summed E-state index contributed by atoms with van der Waals surface area (Å²) in [6, 6.07) is 2.12. The lowest BCUT2D eigenvalue weighted by Crippen LogP contribution is -2.29. The molecule has 0 saturated heterocycles. The number of benzene rings is 1. The largest absolute Gasteiger partial charge is 0.345 e. The molecule has 26 heavy (non-hydrogen) atoms. The molecular weight excluding hydrogens is 404 g/mol. The van der Waals surface area contributed by atoms with E-state index in [0.717, 1.165) is 29.1 Å². The Morgan fingerprint density at radius 3 is 2.92 bits per heavy atom. The van der Waals surface area contributed by atoms with Crippen molar-refractivity contribution in [1.29, 1.82) is 0 Å². The van der Waals surface area contributed by atoms with Gasteiger partial charge < -0.3 is 4.98 Å². The van der Waals surface area contributed by atoms with E-state index in [1.54, 1.807) is 13.1 Å². The molecule has 1 aliphatic heterocycles. The molecular formula is C16H16ClF2N3O2S2. The summed E-state index contributed by atoms with van der Waals surface area (Å²) >= 11 is 6.83. The zero-order valence-corrected chi connectivity index (χ0v) is 16.1. The summed E-state index contributed by atoms with van der Waals surface area (Å²) in [4.78, 5) is 7.45. The molecule has 1 aliphatic rings. The molecule has 2 heterocycles. The molecule has 0 spiro atoms. The van der Waals surface area contributed by atoms with Crippen molar-refractivity contribution in [2.45, 2.75) is 35.1 Å². The Labute approximate surface area is 158 Å². The molecule has 3 rings (SSSR count). The predicted octanol–water partition coefficient (Wildman–Crippen LogP) is 2.96. The topological polar surface area (TPSA) is 74.3 Å². The Balaban J connectivity index is 1.97. The first kappa shape index (κ1) is 19.2. The van der Waals surface area contributed by atoms with Gasteiger partial charge in [0.1, 0.15) is 16.8 Å². The molecule has 2 N–H and O–H groups in total. The second-order valence-corrected chi connectivity index (χ2v) is 9.08. The van der Waals surface area contributed by atoms with Crippen LogP contribution in [0.1, 0.15) is 19.8 Å². The summed E-state index contributed by atoms with van der Waals surface area (Å²) in [5.41, 5.74) is -0.0932. The smallest absolute Gasteiger partial charge is 0.232 e. The van der Waals surface area contributed by atoms with Crippen LogP contribution in [-0.2, 0) is 10.0 Å². The third-order valence-corrected chi connectivity index (χ3v) is 6.53. The van der Waals surface area contributed by atoms with E-state index < -0.39 is 21.7 Å². The zero-order chi connectivity index (χ0) is 18.9. The summed E-state index contributed by atoms with van der Waals surface area (Å²) in [5.74, 6) is -1.87. The molecule has 10 heteroatoms. The van der Waals surface area contributed by atoms with Crippen LogP contribution in [0.3, 0.4) is 0 Å². The number of nitrogens with zero attached hydrogens (tertiary/aromatic N) is 1. The van der Waals surface area contributed by atoms with Crippen LogP contribution in [0.25, 0.3) is 6.08 Å². The van der Waals surface area contributed by atoms with E-state index in [9.17, 15) is 17.2 Å². The van der Waals surface area contributed by atoms with Crippen molar-refractivity contribution in [1.82, 2.24) is 4.98 Å². The van der Waals surface area contributed by atoms with Gasteiger partial charge in [0, 0.05) is 22.7 Å². The summed E-state index contributed by atoms with van der Waals surface area (Å²) in [6.07, 6.45) is 4.34. The van der Waals surface area contributed by atoms with Crippen LogP contribution in [0, 0.1) is 11.6 Å². The molecule has 1 unspecified atom stereocenters. The van der Waals surface area contributed by atoms with Gasteiger partial charge in [0.05, 0.1) is 16.3 Å². The minimum atomic E-state index is -3.68. The zero-order valence-electron chi connectivity index (χ0n) is 13.7. The third-order valence-electron chi connectivity index (χ3n) is 3.65. The summed E-state index contributed by atoms with van der Waals surface area (Å²) in [7, 11) is -3.68. The fourth-order valence-electron chi connectivity index (χ4n) is 2.50. The number of rotatable bonds is 6. The van der Waals surface area contributed by atoms with E-state index >= 15 is 0 Å². The third kappa shape index (κ3) is 4.05. The number of hydrogen-bond acceptors (Lipinski definition) is 4. The Bertz CT molecular complexity index is 1050. The van der Waals surface area contributed by atoms with Crippen molar-refractivity contribution in [3.8, 4) is 0 Å². The average molecular weight is 420 g/mol. The van der Waals surface area contributed by atoms with Crippen LogP contribution in [0.5, 0.6) is 0 Å². The van der Waals surface area contributed by atoms with Gasteiger partial charge in [0.25, 0.3) is 0 Å². The van der Waals surface area contributed by atoms with Crippen molar-refractivity contribution in [2.24, 2.45) is 4.99 Å². The van der Waals surface area contributed by atoms with Gasteiger partial charge in [-0.2, -0.15) is 0 Å². The molecule has 5 nitrogen and oxygen atoms in total. The summed E-state index contributed by atoms with van der Waals surface area (Å²) in [5, 5.41) is 0.725. The summed E-state index contributed by atoms with van der Waals surface area (Å²) < 4.78 is 54.8. The maximum absolute atomic E-state index is 14.7. The van der Waals surface area contributed by atoms with Gasteiger partial charge in [-0.05, 0) is 18.6 Å². The van der Waals surface area contributed by atoms with Crippen LogP contribution in [0.2, 0.25) is 0 Å². The number of anilines is 1. The Hall–Kier alpha value is -1.58. The quantitative estimate of drug-likeness (QED) is 0.558. The monoisotopic (exact) mass is 419 g/mol. The highest BCUT2D eigenvalue weighted by molar-refractivity contribution is 7.99. The molecule has 0 bridgehead atoms. The van der Waals surface area contributed by atoms with E-state index in [0.29, 0.717) is 23.2 Å². The highest BCUT2D eigenvalue weighted by atomic mass is 35.5. The molecule has 0 aliphatic carbocycles. The van der Waals surface area contributed by atoms with Gasteiger partial charge in [0.15, 0.2) is 5.82 Å². The second kappa shape index (κ2) is 7.58. The minimum Gasteiger partial charge on any atom is -0.345 e. The fourth-order valence-corrected chi connectivity index (χ4v) is 4.82. The number of H-pyrrole nitrogens is 1. The van der Waals surface area contributed by atoms with Crippen LogP contribution in [-0.4, -0.2) is 24.7 Å². The molecule has 0 radical (unpaired) electrons. The van der Waals surface area contributed by atoms with E-state index in [1.165, 1.54) is 0 Å². The highest BCUT2D eigenvalue weighted by Crippen LogP contribution is 2.34. The number of aromatic nitrogens is 1. The molecule has 1 atom stereocenters. The Morgan fingerprint density at radius 2 is 2.19 bits per heavy atom. The maximum atomic E-state index is 14.7. The van der Waals surface area contributed by atoms with Gasteiger partial charge in [0.2, 0.25) is 10.0 Å². The predicted molar refractivity (Wildman–Crippen MR) is 98.5 cm³/mol. The second-order valence-electron chi connectivity index (χ2n) is 5.68. The van der Waals surface area contributed by atoms with Crippen molar-refractivity contribution in [2.75, 3.05) is 10.5 Å². The highest BCUT2D eigenvalue weighted by Gasteiger charge is 2.20. The van der Waals surface area contributed by atoms with Crippen molar-refractivity contribution >= 4 is 45.1 Å². The summed E-state index contributed by atoms with van der Waals surface area (Å²) in [6.45, 7) is 1.70. The van der Waals surface area contributed by atoms with Crippen molar-refractivity contribution in [3.63, 3.8) is 0 Å².